The molecule has 0 aliphatic heterocycles. The van der Waals surface area contributed by atoms with Crippen LogP contribution in [0.2, 0.25) is 0 Å². The topological polar surface area (TPSA) is 110 Å². The highest BCUT2D eigenvalue weighted by atomic mass is 16.6. The van der Waals surface area contributed by atoms with Crippen LogP contribution in [0.25, 0.3) is 5.52 Å². The quantitative estimate of drug-likeness (QED) is 0.348. The van der Waals surface area contributed by atoms with E-state index in [1.165, 1.54) is 13.3 Å². The van der Waals surface area contributed by atoms with Crippen LogP contribution in [0, 0.1) is 18.3 Å². The van der Waals surface area contributed by atoms with Crippen molar-refractivity contribution in [1.82, 2.24) is 9.61 Å². The minimum absolute atomic E-state index is 0.141. The lowest BCUT2D eigenvalue weighted by Gasteiger charge is -2.12. The number of rotatable bonds is 8. The lowest BCUT2D eigenvalue weighted by atomic mass is 10.1. The fourth-order valence-corrected chi connectivity index (χ4v) is 3.36. The molecule has 0 aliphatic carbocycles. The zero-order chi connectivity index (χ0) is 23.9. The molecular formula is C25H23N5O4. The largest absolute Gasteiger partial charge is 0.457 e. The number of carbonyl (C=O) groups excluding carboxylic acids is 1. The van der Waals surface area contributed by atoms with Gasteiger partial charge in [-0.15, -0.1) is 0 Å². The summed E-state index contributed by atoms with van der Waals surface area (Å²) in [6, 6.07) is 19.1. The van der Waals surface area contributed by atoms with Crippen molar-refractivity contribution in [2.24, 2.45) is 0 Å². The number of nitrogens with zero attached hydrogens (tertiary/aromatic N) is 3. The molecule has 2 heterocycles. The second-order valence-electron chi connectivity index (χ2n) is 7.32. The van der Waals surface area contributed by atoms with Crippen molar-refractivity contribution in [2.75, 3.05) is 31.0 Å². The summed E-state index contributed by atoms with van der Waals surface area (Å²) in [7, 11) is 1.53. The van der Waals surface area contributed by atoms with Gasteiger partial charge in [0.1, 0.15) is 24.2 Å². The number of nitriles is 1. The third-order valence-corrected chi connectivity index (χ3v) is 5.04. The van der Waals surface area contributed by atoms with Gasteiger partial charge in [0.15, 0.2) is 0 Å². The van der Waals surface area contributed by atoms with E-state index in [0.29, 0.717) is 34.8 Å². The molecule has 9 heteroatoms. The van der Waals surface area contributed by atoms with Crippen molar-refractivity contribution in [2.45, 2.75) is 6.92 Å². The van der Waals surface area contributed by atoms with E-state index >= 15 is 0 Å². The summed E-state index contributed by atoms with van der Waals surface area (Å²) >= 11 is 0. The van der Waals surface area contributed by atoms with Crippen LogP contribution in [0.1, 0.15) is 11.1 Å². The fraction of sp³-hybridized carbons (Fsp3) is 0.160. The molecule has 0 radical (unpaired) electrons. The van der Waals surface area contributed by atoms with Crippen molar-refractivity contribution in [3.8, 4) is 17.6 Å². The van der Waals surface area contributed by atoms with Crippen molar-refractivity contribution < 1.29 is 19.0 Å². The Balaban J connectivity index is 1.58. The number of aryl methyl sites for hydroxylation is 1. The number of ether oxygens (including phenoxy) is 3. The van der Waals surface area contributed by atoms with E-state index in [9.17, 15) is 10.1 Å². The van der Waals surface area contributed by atoms with Gasteiger partial charge < -0.3 is 19.5 Å². The van der Waals surface area contributed by atoms with Crippen molar-refractivity contribution in [3.05, 3.63) is 78.1 Å². The average molecular weight is 457 g/mol. The Morgan fingerprint density at radius 2 is 1.82 bits per heavy atom. The maximum atomic E-state index is 12.1. The minimum atomic E-state index is -0.597. The van der Waals surface area contributed by atoms with Crippen LogP contribution in [0.15, 0.2) is 67.0 Å². The Labute approximate surface area is 196 Å². The van der Waals surface area contributed by atoms with E-state index in [4.69, 9.17) is 14.2 Å². The molecule has 4 aromatic rings. The highest BCUT2D eigenvalue weighted by Gasteiger charge is 2.17. The Bertz CT molecular complexity index is 1330. The number of anilines is 3. The molecule has 0 unspecified atom stereocenters. The van der Waals surface area contributed by atoms with Gasteiger partial charge in [-0.05, 0) is 43.3 Å². The van der Waals surface area contributed by atoms with Gasteiger partial charge in [-0.3, -0.25) is 5.32 Å². The second kappa shape index (κ2) is 10.4. The number of hydrogen-bond donors (Lipinski definition) is 2. The lowest BCUT2D eigenvalue weighted by Crippen LogP contribution is -2.16. The van der Waals surface area contributed by atoms with Crippen LogP contribution < -0.4 is 15.4 Å². The van der Waals surface area contributed by atoms with E-state index in [1.807, 2.05) is 61.5 Å². The first kappa shape index (κ1) is 22.6. The Morgan fingerprint density at radius 1 is 1.09 bits per heavy atom. The SMILES string of the molecule is COCCOC(=O)Nc1cn2ncc(C#N)c(Nc3ccc(Oc4ccccc4)cc3)c2c1C. The molecule has 4 rings (SSSR count). The highest BCUT2D eigenvalue weighted by molar-refractivity contribution is 5.92. The van der Waals surface area contributed by atoms with E-state index in [0.717, 1.165) is 17.0 Å². The summed E-state index contributed by atoms with van der Waals surface area (Å²) in [6.45, 7) is 2.29. The third-order valence-electron chi connectivity index (χ3n) is 5.04. The molecule has 0 bridgehead atoms. The van der Waals surface area contributed by atoms with E-state index in [2.05, 4.69) is 21.8 Å². The second-order valence-corrected chi connectivity index (χ2v) is 7.32. The standard InChI is InChI=1S/C25H23N5O4/c1-17-22(29-25(31)33-13-12-32-2)16-30-24(17)23(18(14-26)15-27-30)28-19-8-10-21(11-9-19)34-20-6-4-3-5-7-20/h3-11,15-16,28H,12-13H2,1-2H3,(H,29,31). The summed E-state index contributed by atoms with van der Waals surface area (Å²) in [4.78, 5) is 12.1. The van der Waals surface area contributed by atoms with E-state index in [1.54, 1.807) is 10.7 Å². The minimum Gasteiger partial charge on any atom is -0.457 e. The van der Waals surface area contributed by atoms with Gasteiger partial charge in [0.05, 0.1) is 41.5 Å². The smallest absolute Gasteiger partial charge is 0.411 e. The molecule has 2 N–H and O–H groups in total. The molecule has 1 amide bonds. The van der Waals surface area contributed by atoms with Crippen molar-refractivity contribution in [3.63, 3.8) is 0 Å². The monoisotopic (exact) mass is 457 g/mol. The normalized spacial score (nSPS) is 10.5. The maximum absolute atomic E-state index is 12.1. The molecule has 0 atom stereocenters. The first-order valence-corrected chi connectivity index (χ1v) is 10.5. The van der Waals surface area contributed by atoms with Crippen LogP contribution in [-0.4, -0.2) is 36.0 Å². The number of carbonyl (C=O) groups is 1. The van der Waals surface area contributed by atoms with Gasteiger partial charge in [0, 0.05) is 18.4 Å². The molecule has 0 saturated heterocycles. The Morgan fingerprint density at radius 3 is 2.53 bits per heavy atom. The number of amides is 1. The third kappa shape index (κ3) is 5.09. The van der Waals surface area contributed by atoms with Gasteiger partial charge in [-0.1, -0.05) is 18.2 Å². The number of aromatic nitrogens is 2. The van der Waals surface area contributed by atoms with Crippen LogP contribution >= 0.6 is 0 Å². The molecule has 34 heavy (non-hydrogen) atoms. The first-order chi connectivity index (χ1) is 16.6. The number of fused-ring (bicyclic) bond motifs is 1. The number of methoxy groups -OCH3 is 1. The molecule has 2 aromatic heterocycles. The molecule has 0 aliphatic rings. The zero-order valence-corrected chi connectivity index (χ0v) is 18.7. The number of nitrogens with one attached hydrogen (secondary N) is 2. The van der Waals surface area contributed by atoms with Gasteiger partial charge in [-0.2, -0.15) is 10.4 Å². The molecule has 172 valence electrons. The molecule has 2 aromatic carbocycles. The van der Waals surface area contributed by atoms with Gasteiger partial charge >= 0.3 is 6.09 Å². The highest BCUT2D eigenvalue weighted by Crippen LogP contribution is 2.33. The summed E-state index contributed by atoms with van der Waals surface area (Å²) < 4.78 is 17.4. The molecule has 0 fully saturated rings. The predicted molar refractivity (Wildman–Crippen MR) is 128 cm³/mol. The van der Waals surface area contributed by atoms with Crippen molar-refractivity contribution >= 4 is 28.7 Å². The fourth-order valence-electron chi connectivity index (χ4n) is 3.36. The van der Waals surface area contributed by atoms with Gasteiger partial charge in [0.25, 0.3) is 0 Å². The molecule has 0 saturated carbocycles. The zero-order valence-electron chi connectivity index (χ0n) is 18.7. The number of para-hydroxylation sites is 1. The molecular weight excluding hydrogens is 434 g/mol. The molecule has 0 spiro atoms. The van der Waals surface area contributed by atoms with Crippen molar-refractivity contribution in [1.29, 1.82) is 5.26 Å². The van der Waals surface area contributed by atoms with E-state index in [-0.39, 0.29) is 6.61 Å². The summed E-state index contributed by atoms with van der Waals surface area (Å²) in [6.07, 6.45) is 2.55. The van der Waals surface area contributed by atoms with Crippen LogP contribution in [-0.2, 0) is 9.47 Å². The van der Waals surface area contributed by atoms with Crippen LogP contribution in [0.3, 0.4) is 0 Å². The summed E-state index contributed by atoms with van der Waals surface area (Å²) in [5.41, 5.74) is 3.63. The van der Waals surface area contributed by atoms with Gasteiger partial charge in [-0.25, -0.2) is 9.31 Å². The van der Waals surface area contributed by atoms with Gasteiger partial charge in [0.2, 0.25) is 0 Å². The maximum Gasteiger partial charge on any atom is 0.411 e. The average Bonchev–Trinajstić information content (AvgIpc) is 3.16. The van der Waals surface area contributed by atoms with E-state index < -0.39 is 6.09 Å². The molecule has 9 nitrogen and oxygen atoms in total. The Hall–Kier alpha value is -4.55. The first-order valence-electron chi connectivity index (χ1n) is 10.5. The summed E-state index contributed by atoms with van der Waals surface area (Å²) in [5, 5.41) is 20.0. The van der Waals surface area contributed by atoms with Crippen LogP contribution in [0.5, 0.6) is 11.5 Å². The Kier molecular flexibility index (Phi) is 6.91. The summed E-state index contributed by atoms with van der Waals surface area (Å²) in [5.74, 6) is 1.44. The number of hydrogen-bond acceptors (Lipinski definition) is 7. The number of benzene rings is 2. The predicted octanol–water partition coefficient (Wildman–Crippen LogP) is 5.25. The lowest BCUT2D eigenvalue weighted by molar-refractivity contribution is 0.107. The van der Waals surface area contributed by atoms with Crippen LogP contribution in [0.4, 0.5) is 21.9 Å².